The topological polar surface area (TPSA) is 60.2 Å². The smallest absolute Gasteiger partial charge is 0.118 e. The minimum absolute atomic E-state index is 0.161. The second-order valence-corrected chi connectivity index (χ2v) is 4.60. The Hall–Kier alpha value is -1.43. The van der Waals surface area contributed by atoms with E-state index >= 15 is 0 Å². The fraction of sp³-hybridized carbons (Fsp3) is 0.154. The van der Waals surface area contributed by atoms with Crippen molar-refractivity contribution < 1.29 is 4.74 Å². The first-order chi connectivity index (χ1) is 8.76. The summed E-state index contributed by atoms with van der Waals surface area (Å²) >= 11 is 3.48. The van der Waals surface area contributed by atoms with Crippen molar-refractivity contribution in [2.75, 3.05) is 7.11 Å². The van der Waals surface area contributed by atoms with Crippen LogP contribution in [0.25, 0.3) is 0 Å². The van der Waals surface area contributed by atoms with Gasteiger partial charge >= 0.3 is 0 Å². The number of hydrogen-bond acceptors (Lipinski definition) is 4. The number of halogens is 1. The van der Waals surface area contributed by atoms with Crippen molar-refractivity contribution >= 4 is 15.9 Å². The molecule has 0 aliphatic heterocycles. The number of nitrogens with two attached hydrogens (primary N) is 1. The molecule has 0 amide bonds. The molecule has 1 aromatic carbocycles. The molecule has 1 unspecified atom stereocenters. The molecular formula is C13H14BrN3O. The molecule has 0 fully saturated rings. The predicted octanol–water partition coefficient (Wildman–Crippen LogP) is 2.41. The van der Waals surface area contributed by atoms with Gasteiger partial charge in [-0.2, -0.15) is 0 Å². The van der Waals surface area contributed by atoms with E-state index in [1.807, 2.05) is 36.4 Å². The molecule has 18 heavy (non-hydrogen) atoms. The zero-order chi connectivity index (χ0) is 13.0. The van der Waals surface area contributed by atoms with Gasteiger partial charge in [0.25, 0.3) is 0 Å². The molecule has 1 atom stereocenters. The van der Waals surface area contributed by atoms with Crippen LogP contribution >= 0.6 is 15.9 Å². The summed E-state index contributed by atoms with van der Waals surface area (Å²) in [7, 11) is 1.64. The van der Waals surface area contributed by atoms with E-state index in [2.05, 4.69) is 26.3 Å². The van der Waals surface area contributed by atoms with Crippen LogP contribution in [-0.2, 0) is 0 Å². The van der Waals surface area contributed by atoms with Crippen molar-refractivity contribution in [2.45, 2.75) is 6.04 Å². The molecule has 0 saturated heterocycles. The third kappa shape index (κ3) is 2.69. The molecule has 0 aliphatic carbocycles. The number of ether oxygens (including phenoxy) is 1. The Morgan fingerprint density at radius 2 is 2.00 bits per heavy atom. The number of aromatic nitrogens is 1. The van der Waals surface area contributed by atoms with Gasteiger partial charge in [-0.25, -0.2) is 5.43 Å². The molecule has 2 aromatic rings. The molecule has 5 heteroatoms. The van der Waals surface area contributed by atoms with Crippen LogP contribution in [0.5, 0.6) is 5.75 Å². The molecule has 0 bridgehead atoms. The Bertz CT molecular complexity index is 516. The van der Waals surface area contributed by atoms with Gasteiger partial charge in [-0.1, -0.05) is 12.1 Å². The van der Waals surface area contributed by atoms with Crippen molar-refractivity contribution in [3.8, 4) is 5.75 Å². The van der Waals surface area contributed by atoms with Gasteiger partial charge in [-0.05, 0) is 45.8 Å². The lowest BCUT2D eigenvalue weighted by Crippen LogP contribution is -2.29. The summed E-state index contributed by atoms with van der Waals surface area (Å²) in [6.45, 7) is 0. The highest BCUT2D eigenvalue weighted by molar-refractivity contribution is 9.10. The molecule has 0 spiro atoms. The highest BCUT2D eigenvalue weighted by atomic mass is 79.9. The molecular weight excluding hydrogens is 294 g/mol. The summed E-state index contributed by atoms with van der Waals surface area (Å²) < 4.78 is 6.06. The van der Waals surface area contributed by atoms with E-state index in [9.17, 15) is 0 Å². The second kappa shape index (κ2) is 5.95. The van der Waals surface area contributed by atoms with Gasteiger partial charge in [0.15, 0.2) is 0 Å². The SMILES string of the molecule is COc1ccc(C(NN)c2ncccc2Br)cc1. The van der Waals surface area contributed by atoms with Gasteiger partial charge in [-0.15, -0.1) is 0 Å². The Balaban J connectivity index is 2.36. The summed E-state index contributed by atoms with van der Waals surface area (Å²) in [6.07, 6.45) is 1.74. The maximum absolute atomic E-state index is 5.63. The highest BCUT2D eigenvalue weighted by Crippen LogP contribution is 2.27. The monoisotopic (exact) mass is 307 g/mol. The first kappa shape index (κ1) is 13.0. The van der Waals surface area contributed by atoms with Crippen LogP contribution in [0.2, 0.25) is 0 Å². The van der Waals surface area contributed by atoms with Crippen molar-refractivity contribution in [3.63, 3.8) is 0 Å². The predicted molar refractivity (Wildman–Crippen MR) is 74.1 cm³/mol. The van der Waals surface area contributed by atoms with Gasteiger partial charge in [0.1, 0.15) is 5.75 Å². The first-order valence-corrected chi connectivity index (χ1v) is 6.26. The molecule has 0 saturated carbocycles. The molecule has 0 aliphatic rings. The van der Waals surface area contributed by atoms with E-state index in [-0.39, 0.29) is 6.04 Å². The maximum Gasteiger partial charge on any atom is 0.118 e. The van der Waals surface area contributed by atoms with Gasteiger partial charge in [0, 0.05) is 10.7 Å². The minimum Gasteiger partial charge on any atom is -0.497 e. The van der Waals surface area contributed by atoms with Crippen LogP contribution in [0.3, 0.4) is 0 Å². The van der Waals surface area contributed by atoms with Crippen LogP contribution in [0, 0.1) is 0 Å². The number of pyridine rings is 1. The summed E-state index contributed by atoms with van der Waals surface area (Å²) in [4.78, 5) is 4.35. The van der Waals surface area contributed by atoms with Gasteiger partial charge < -0.3 is 4.74 Å². The number of hydrazine groups is 1. The Labute approximate surface area is 114 Å². The average Bonchev–Trinajstić information content (AvgIpc) is 2.42. The van der Waals surface area contributed by atoms with Crippen molar-refractivity contribution in [1.29, 1.82) is 0 Å². The largest absolute Gasteiger partial charge is 0.497 e. The molecule has 1 aromatic heterocycles. The normalized spacial score (nSPS) is 12.2. The number of rotatable bonds is 4. The van der Waals surface area contributed by atoms with Crippen molar-refractivity contribution in [3.05, 3.63) is 58.3 Å². The zero-order valence-corrected chi connectivity index (χ0v) is 11.5. The third-order valence-electron chi connectivity index (χ3n) is 2.68. The van der Waals surface area contributed by atoms with Crippen molar-refractivity contribution in [1.82, 2.24) is 10.4 Å². The molecule has 94 valence electrons. The average molecular weight is 308 g/mol. The minimum atomic E-state index is -0.161. The summed E-state index contributed by atoms with van der Waals surface area (Å²) in [5.41, 5.74) is 4.66. The number of methoxy groups -OCH3 is 1. The van der Waals surface area contributed by atoms with Crippen LogP contribution < -0.4 is 16.0 Å². The van der Waals surface area contributed by atoms with E-state index in [0.717, 1.165) is 21.5 Å². The number of nitrogens with one attached hydrogen (secondary N) is 1. The van der Waals surface area contributed by atoms with E-state index in [0.29, 0.717) is 0 Å². The lowest BCUT2D eigenvalue weighted by Gasteiger charge is -2.17. The Morgan fingerprint density at radius 3 is 2.56 bits per heavy atom. The quantitative estimate of drug-likeness (QED) is 0.672. The second-order valence-electron chi connectivity index (χ2n) is 3.74. The summed E-state index contributed by atoms with van der Waals surface area (Å²) in [6, 6.07) is 11.4. The van der Waals surface area contributed by atoms with Gasteiger partial charge in [0.05, 0.1) is 18.8 Å². The summed E-state index contributed by atoms with van der Waals surface area (Å²) in [5.74, 6) is 6.45. The molecule has 3 N–H and O–H groups in total. The number of hydrogen-bond donors (Lipinski definition) is 2. The zero-order valence-electron chi connectivity index (χ0n) is 9.93. The standard InChI is InChI=1S/C13H14BrN3O/c1-18-10-6-4-9(5-7-10)12(17-15)13-11(14)3-2-8-16-13/h2-8,12,17H,15H2,1H3. The first-order valence-electron chi connectivity index (χ1n) is 5.46. The molecule has 1 heterocycles. The lowest BCUT2D eigenvalue weighted by molar-refractivity contribution is 0.414. The van der Waals surface area contributed by atoms with Crippen LogP contribution in [0.4, 0.5) is 0 Å². The van der Waals surface area contributed by atoms with E-state index < -0.39 is 0 Å². The Kier molecular flexibility index (Phi) is 4.30. The number of nitrogens with zero attached hydrogens (tertiary/aromatic N) is 1. The molecule has 4 nitrogen and oxygen atoms in total. The van der Waals surface area contributed by atoms with E-state index in [4.69, 9.17) is 10.6 Å². The van der Waals surface area contributed by atoms with E-state index in [1.165, 1.54) is 0 Å². The van der Waals surface area contributed by atoms with Crippen LogP contribution in [-0.4, -0.2) is 12.1 Å². The third-order valence-corrected chi connectivity index (χ3v) is 3.35. The Morgan fingerprint density at radius 1 is 1.28 bits per heavy atom. The number of benzene rings is 1. The fourth-order valence-corrected chi connectivity index (χ4v) is 2.22. The van der Waals surface area contributed by atoms with Gasteiger partial charge in [0.2, 0.25) is 0 Å². The maximum atomic E-state index is 5.63. The van der Waals surface area contributed by atoms with Gasteiger partial charge in [-0.3, -0.25) is 10.8 Å². The van der Waals surface area contributed by atoms with E-state index in [1.54, 1.807) is 13.3 Å². The molecule has 0 radical (unpaired) electrons. The summed E-state index contributed by atoms with van der Waals surface area (Å²) in [5, 5.41) is 0. The molecule has 2 rings (SSSR count). The highest BCUT2D eigenvalue weighted by Gasteiger charge is 2.16. The fourth-order valence-electron chi connectivity index (χ4n) is 1.74. The van der Waals surface area contributed by atoms with Crippen molar-refractivity contribution in [2.24, 2.45) is 5.84 Å². The lowest BCUT2D eigenvalue weighted by atomic mass is 10.0. The van der Waals surface area contributed by atoms with Crippen LogP contribution in [0.15, 0.2) is 47.1 Å². The van der Waals surface area contributed by atoms with Crippen LogP contribution in [0.1, 0.15) is 17.3 Å².